The molecule has 0 spiro atoms. The van der Waals surface area contributed by atoms with Gasteiger partial charge in [-0.25, -0.2) is 4.98 Å². The Morgan fingerprint density at radius 2 is 1.88 bits per heavy atom. The molecule has 1 amide bonds. The largest absolute Gasteiger partial charge is 0.486 e. The molecule has 3 rings (SSSR count). The van der Waals surface area contributed by atoms with Gasteiger partial charge < -0.3 is 14.7 Å². The molecule has 0 saturated carbocycles. The third-order valence-electron chi connectivity index (χ3n) is 4.55. The van der Waals surface area contributed by atoms with Crippen LogP contribution in [0.5, 0.6) is 5.75 Å². The highest BCUT2D eigenvalue weighted by Crippen LogP contribution is 2.25. The van der Waals surface area contributed by atoms with Crippen LogP contribution in [-0.2, 0) is 11.4 Å². The summed E-state index contributed by atoms with van der Waals surface area (Å²) in [5.74, 6) is -0.417. The predicted molar refractivity (Wildman–Crippen MR) is 98.6 cm³/mol. The number of aryl methyl sites for hydroxylation is 2. The van der Waals surface area contributed by atoms with Crippen LogP contribution in [0.2, 0.25) is 0 Å². The van der Waals surface area contributed by atoms with Crippen LogP contribution in [0.4, 0.5) is 0 Å². The Morgan fingerprint density at radius 3 is 2.50 bits per heavy atom. The number of piperidine rings is 1. The summed E-state index contributed by atoms with van der Waals surface area (Å²) in [6, 6.07) is 7.79. The summed E-state index contributed by atoms with van der Waals surface area (Å²) in [4.78, 5) is 30.6. The molecule has 138 valence electrons. The lowest BCUT2D eigenvalue weighted by Crippen LogP contribution is -2.40. The van der Waals surface area contributed by atoms with Crippen LogP contribution < -0.4 is 4.74 Å². The summed E-state index contributed by atoms with van der Waals surface area (Å²) in [6.45, 7) is 5.11. The fourth-order valence-electron chi connectivity index (χ4n) is 2.97. The molecule has 0 bridgehead atoms. The summed E-state index contributed by atoms with van der Waals surface area (Å²) < 4.78 is 5.74. The van der Waals surface area contributed by atoms with Gasteiger partial charge in [0, 0.05) is 13.1 Å². The Kier molecular flexibility index (Phi) is 5.56. The third-order valence-corrected chi connectivity index (χ3v) is 5.67. The minimum absolute atomic E-state index is 0.0644. The topological polar surface area (TPSA) is 79.7 Å². The SMILES string of the molecule is Cc1ccc(OCc2nc(C)c(C(=O)N3CCC(C(=O)O)CC3)s2)cc1. The molecule has 26 heavy (non-hydrogen) atoms. The first kappa shape index (κ1) is 18.4. The highest BCUT2D eigenvalue weighted by molar-refractivity contribution is 7.13. The number of hydrogen-bond donors (Lipinski definition) is 1. The molecule has 1 aromatic carbocycles. The molecule has 0 unspecified atom stereocenters. The molecular weight excluding hydrogens is 352 g/mol. The first-order valence-corrected chi connectivity index (χ1v) is 9.43. The molecule has 2 aromatic rings. The first-order valence-electron chi connectivity index (χ1n) is 8.62. The van der Waals surface area contributed by atoms with Crippen LogP contribution in [0, 0.1) is 19.8 Å². The molecule has 0 radical (unpaired) electrons. The molecule has 6 nitrogen and oxygen atoms in total. The van der Waals surface area contributed by atoms with Crippen molar-refractivity contribution in [2.75, 3.05) is 13.1 Å². The number of carboxylic acid groups (broad SMARTS) is 1. The van der Waals surface area contributed by atoms with Crippen molar-refractivity contribution in [1.29, 1.82) is 0 Å². The second-order valence-electron chi connectivity index (χ2n) is 6.53. The van der Waals surface area contributed by atoms with Gasteiger partial charge in [0.1, 0.15) is 22.2 Å². The molecule has 1 fully saturated rings. The normalized spacial score (nSPS) is 15.1. The number of aliphatic carboxylic acids is 1. The lowest BCUT2D eigenvalue weighted by molar-refractivity contribution is -0.143. The molecule has 2 heterocycles. The molecule has 1 aromatic heterocycles. The minimum atomic E-state index is -0.776. The molecule has 1 saturated heterocycles. The van der Waals surface area contributed by atoms with Gasteiger partial charge in [-0.05, 0) is 38.8 Å². The van der Waals surface area contributed by atoms with E-state index in [2.05, 4.69) is 4.98 Å². The van der Waals surface area contributed by atoms with Crippen molar-refractivity contribution in [2.45, 2.75) is 33.3 Å². The van der Waals surface area contributed by atoms with Crippen LogP contribution in [-0.4, -0.2) is 40.0 Å². The van der Waals surface area contributed by atoms with Gasteiger partial charge in [0.15, 0.2) is 0 Å². The summed E-state index contributed by atoms with van der Waals surface area (Å²) in [5, 5.41) is 9.83. The molecule has 1 aliphatic rings. The van der Waals surface area contributed by atoms with E-state index in [-0.39, 0.29) is 11.8 Å². The van der Waals surface area contributed by atoms with Crippen LogP contribution in [0.25, 0.3) is 0 Å². The molecular formula is C19H22N2O4S. The lowest BCUT2D eigenvalue weighted by Gasteiger charge is -2.29. The Hall–Kier alpha value is -2.41. The summed E-state index contributed by atoms with van der Waals surface area (Å²) in [5.41, 5.74) is 1.87. The highest BCUT2D eigenvalue weighted by atomic mass is 32.1. The zero-order valence-electron chi connectivity index (χ0n) is 14.9. The van der Waals surface area contributed by atoms with Crippen LogP contribution in [0.15, 0.2) is 24.3 Å². The Morgan fingerprint density at radius 1 is 1.23 bits per heavy atom. The van der Waals surface area contributed by atoms with Crippen molar-refractivity contribution < 1.29 is 19.4 Å². The maximum Gasteiger partial charge on any atom is 0.306 e. The summed E-state index contributed by atoms with van der Waals surface area (Å²) >= 11 is 1.35. The second kappa shape index (κ2) is 7.86. The molecule has 1 N–H and O–H groups in total. The zero-order valence-corrected chi connectivity index (χ0v) is 15.7. The number of aromatic nitrogens is 1. The van der Waals surface area contributed by atoms with E-state index in [0.29, 0.717) is 43.1 Å². The van der Waals surface area contributed by atoms with Gasteiger partial charge >= 0.3 is 5.97 Å². The van der Waals surface area contributed by atoms with Gasteiger partial charge in [0.25, 0.3) is 5.91 Å². The van der Waals surface area contributed by atoms with Crippen molar-refractivity contribution >= 4 is 23.2 Å². The van der Waals surface area contributed by atoms with Gasteiger partial charge in [-0.3, -0.25) is 9.59 Å². The highest BCUT2D eigenvalue weighted by Gasteiger charge is 2.29. The fraction of sp³-hybridized carbons (Fsp3) is 0.421. The van der Waals surface area contributed by atoms with Crippen molar-refractivity contribution in [3.05, 3.63) is 45.4 Å². The number of carbonyl (C=O) groups is 2. The Labute approximate surface area is 156 Å². The van der Waals surface area contributed by atoms with Crippen molar-refractivity contribution in [3.8, 4) is 5.75 Å². The number of amides is 1. The third kappa shape index (κ3) is 4.22. The Balaban J connectivity index is 1.61. The van der Waals surface area contributed by atoms with Gasteiger partial charge in [0.05, 0.1) is 11.6 Å². The van der Waals surface area contributed by atoms with Gasteiger partial charge in [-0.2, -0.15) is 0 Å². The van der Waals surface area contributed by atoms with Crippen molar-refractivity contribution in [2.24, 2.45) is 5.92 Å². The van der Waals surface area contributed by atoms with Crippen molar-refractivity contribution in [3.63, 3.8) is 0 Å². The average molecular weight is 374 g/mol. The first-order chi connectivity index (χ1) is 12.4. The number of hydrogen-bond acceptors (Lipinski definition) is 5. The maximum atomic E-state index is 12.7. The number of rotatable bonds is 5. The van der Waals surface area contributed by atoms with E-state index >= 15 is 0 Å². The number of nitrogens with zero attached hydrogens (tertiary/aromatic N) is 2. The van der Waals surface area contributed by atoms with E-state index in [1.807, 2.05) is 38.1 Å². The fourth-order valence-corrected chi connectivity index (χ4v) is 3.91. The van der Waals surface area contributed by atoms with Gasteiger partial charge in [0.2, 0.25) is 0 Å². The number of carboxylic acids is 1. The Bertz CT molecular complexity index is 792. The molecule has 1 aliphatic heterocycles. The predicted octanol–water partition coefficient (Wildman–Crippen LogP) is 3.28. The van der Waals surface area contributed by atoms with Gasteiger partial charge in [-0.15, -0.1) is 11.3 Å². The lowest BCUT2D eigenvalue weighted by atomic mass is 9.97. The van der Waals surface area contributed by atoms with Crippen LogP contribution in [0.1, 0.15) is 38.8 Å². The van der Waals surface area contributed by atoms with Crippen LogP contribution in [0.3, 0.4) is 0 Å². The van der Waals surface area contributed by atoms with E-state index in [1.54, 1.807) is 4.90 Å². The minimum Gasteiger partial charge on any atom is -0.486 e. The zero-order chi connectivity index (χ0) is 18.7. The van der Waals surface area contributed by atoms with E-state index in [1.165, 1.54) is 16.9 Å². The van der Waals surface area contributed by atoms with E-state index in [9.17, 15) is 9.59 Å². The maximum absolute atomic E-state index is 12.7. The molecule has 0 aliphatic carbocycles. The quantitative estimate of drug-likeness (QED) is 0.869. The summed E-state index contributed by atoms with van der Waals surface area (Å²) in [7, 11) is 0. The number of benzene rings is 1. The standard InChI is InChI=1S/C19H22N2O4S/c1-12-3-5-15(6-4-12)25-11-16-20-13(2)17(26-16)18(22)21-9-7-14(8-10-21)19(23)24/h3-6,14H,7-11H2,1-2H3,(H,23,24). The summed E-state index contributed by atoms with van der Waals surface area (Å²) in [6.07, 6.45) is 1.00. The number of likely N-dealkylation sites (tertiary alicyclic amines) is 1. The number of thiazole rings is 1. The number of carbonyl (C=O) groups excluding carboxylic acids is 1. The monoisotopic (exact) mass is 374 g/mol. The van der Waals surface area contributed by atoms with Crippen LogP contribution >= 0.6 is 11.3 Å². The molecule has 0 atom stereocenters. The average Bonchev–Trinajstić information content (AvgIpc) is 3.01. The second-order valence-corrected chi connectivity index (χ2v) is 7.61. The smallest absolute Gasteiger partial charge is 0.306 e. The van der Waals surface area contributed by atoms with E-state index in [4.69, 9.17) is 9.84 Å². The van der Waals surface area contributed by atoms with Crippen molar-refractivity contribution in [1.82, 2.24) is 9.88 Å². The number of ether oxygens (including phenoxy) is 1. The van der Waals surface area contributed by atoms with E-state index < -0.39 is 5.97 Å². The molecule has 7 heteroatoms. The van der Waals surface area contributed by atoms with Gasteiger partial charge in [-0.1, -0.05) is 17.7 Å². The van der Waals surface area contributed by atoms with E-state index in [0.717, 1.165) is 10.8 Å².